The summed E-state index contributed by atoms with van der Waals surface area (Å²) in [6, 6.07) is 7.18. The topological polar surface area (TPSA) is 81.4 Å². The number of hydrogen-bond acceptors (Lipinski definition) is 5. The highest BCUT2D eigenvalue weighted by molar-refractivity contribution is 8.00. The van der Waals surface area contributed by atoms with Crippen LogP contribution in [0, 0.1) is 0 Å². The Morgan fingerprint density at radius 3 is 2.60 bits per heavy atom. The predicted octanol–water partition coefficient (Wildman–Crippen LogP) is 1.71. The summed E-state index contributed by atoms with van der Waals surface area (Å²) in [6.45, 7) is 4.64. The third kappa shape index (κ3) is 7.14. The third-order valence-electron chi connectivity index (χ3n) is 2.45. The molecule has 0 aliphatic rings. The number of benzene rings is 1. The van der Waals surface area contributed by atoms with E-state index in [1.54, 1.807) is 19.1 Å². The van der Waals surface area contributed by atoms with Crippen molar-refractivity contribution in [2.24, 2.45) is 0 Å². The van der Waals surface area contributed by atoms with Crippen molar-refractivity contribution in [1.29, 1.82) is 0 Å². The quantitative estimate of drug-likeness (QED) is 0.535. The maximum absolute atomic E-state index is 11.8. The number of ether oxygens (including phenoxy) is 1. The van der Waals surface area contributed by atoms with Crippen LogP contribution in [0.2, 0.25) is 0 Å². The monoisotopic (exact) mass is 318 g/mol. The highest BCUT2D eigenvalue weighted by Gasteiger charge is 2.14. The van der Waals surface area contributed by atoms with Crippen LogP contribution in [0.3, 0.4) is 0 Å². The fourth-order valence-corrected chi connectivity index (χ4v) is 4.10. The van der Waals surface area contributed by atoms with Gasteiger partial charge in [-0.2, -0.15) is 0 Å². The number of thioether (sulfide) groups is 1. The van der Waals surface area contributed by atoms with Gasteiger partial charge in [-0.3, -0.25) is 0 Å². The summed E-state index contributed by atoms with van der Waals surface area (Å²) in [5, 5.41) is 0. The van der Waals surface area contributed by atoms with Crippen LogP contribution in [-0.4, -0.2) is 39.2 Å². The van der Waals surface area contributed by atoms with Crippen molar-refractivity contribution in [1.82, 2.24) is 4.72 Å². The van der Waals surface area contributed by atoms with Gasteiger partial charge in [-0.1, -0.05) is 0 Å². The third-order valence-corrected chi connectivity index (χ3v) is 5.23. The van der Waals surface area contributed by atoms with Crippen LogP contribution in [0.25, 0.3) is 0 Å². The molecule has 0 radical (unpaired) electrons. The van der Waals surface area contributed by atoms with Gasteiger partial charge in [0.1, 0.15) is 0 Å². The van der Waals surface area contributed by atoms with E-state index in [-0.39, 0.29) is 11.8 Å². The van der Waals surface area contributed by atoms with Crippen molar-refractivity contribution >= 4 is 27.5 Å². The molecule has 0 fully saturated rings. The van der Waals surface area contributed by atoms with E-state index < -0.39 is 10.0 Å². The Kier molecular flexibility index (Phi) is 7.36. The van der Waals surface area contributed by atoms with Crippen molar-refractivity contribution < 1.29 is 13.2 Å². The fraction of sp³-hybridized carbons (Fsp3) is 0.538. The minimum atomic E-state index is -3.27. The first kappa shape index (κ1) is 17.3. The number of sulfonamides is 1. The number of rotatable bonds is 9. The smallest absolute Gasteiger partial charge is 0.212 e. The molecule has 0 bridgehead atoms. The average Bonchev–Trinajstić information content (AvgIpc) is 2.38. The van der Waals surface area contributed by atoms with Crippen molar-refractivity contribution in [3.8, 4) is 0 Å². The lowest BCUT2D eigenvalue weighted by Gasteiger charge is -2.13. The van der Waals surface area contributed by atoms with Crippen LogP contribution in [0.1, 0.15) is 13.8 Å². The average molecular weight is 318 g/mol. The van der Waals surface area contributed by atoms with Gasteiger partial charge in [0, 0.05) is 29.0 Å². The lowest BCUT2D eigenvalue weighted by Crippen LogP contribution is -2.37. The second kappa shape index (κ2) is 8.51. The first-order valence-corrected chi connectivity index (χ1v) is 9.13. The van der Waals surface area contributed by atoms with Gasteiger partial charge in [0.05, 0.1) is 12.4 Å². The molecule has 0 aliphatic heterocycles. The maximum atomic E-state index is 11.8. The molecule has 0 amide bonds. The Bertz CT molecular complexity index is 489. The van der Waals surface area contributed by atoms with E-state index >= 15 is 0 Å². The van der Waals surface area contributed by atoms with Crippen LogP contribution in [0.5, 0.6) is 0 Å². The van der Waals surface area contributed by atoms with Gasteiger partial charge in [0.25, 0.3) is 0 Å². The Balaban J connectivity index is 2.34. The lowest BCUT2D eigenvalue weighted by molar-refractivity contribution is 0.133. The SMILES string of the molecule is CCOCC(C)NS(=O)(=O)CCSc1ccc(N)cc1. The molecule has 1 aromatic carbocycles. The molecular weight excluding hydrogens is 296 g/mol. The highest BCUT2D eigenvalue weighted by Crippen LogP contribution is 2.19. The molecule has 0 aliphatic carbocycles. The van der Waals surface area contributed by atoms with Crippen LogP contribution in [-0.2, 0) is 14.8 Å². The Labute approximate surface area is 125 Å². The van der Waals surface area contributed by atoms with E-state index in [0.717, 1.165) is 4.90 Å². The molecule has 7 heteroatoms. The van der Waals surface area contributed by atoms with Crippen LogP contribution in [0.15, 0.2) is 29.2 Å². The Morgan fingerprint density at radius 1 is 1.35 bits per heavy atom. The van der Waals surface area contributed by atoms with E-state index in [1.165, 1.54) is 11.8 Å². The molecule has 0 saturated carbocycles. The summed E-state index contributed by atoms with van der Waals surface area (Å²) in [7, 11) is -3.27. The second-order valence-electron chi connectivity index (χ2n) is 4.41. The minimum absolute atomic E-state index is 0.0819. The number of hydrogen-bond donors (Lipinski definition) is 2. The zero-order valence-corrected chi connectivity index (χ0v) is 13.5. The van der Waals surface area contributed by atoms with Gasteiger partial charge in [0.2, 0.25) is 10.0 Å². The molecule has 0 heterocycles. The van der Waals surface area contributed by atoms with Crippen LogP contribution >= 0.6 is 11.8 Å². The summed E-state index contributed by atoms with van der Waals surface area (Å²) in [5.41, 5.74) is 6.29. The van der Waals surface area contributed by atoms with Crippen LogP contribution in [0.4, 0.5) is 5.69 Å². The zero-order valence-electron chi connectivity index (χ0n) is 11.8. The molecule has 0 spiro atoms. The second-order valence-corrected chi connectivity index (χ2v) is 7.46. The van der Waals surface area contributed by atoms with Gasteiger partial charge >= 0.3 is 0 Å². The molecule has 3 N–H and O–H groups in total. The Hall–Kier alpha value is -0.760. The molecule has 1 rings (SSSR count). The van der Waals surface area contributed by atoms with Crippen molar-refractivity contribution in [2.75, 3.05) is 30.5 Å². The van der Waals surface area contributed by atoms with Crippen molar-refractivity contribution in [2.45, 2.75) is 24.8 Å². The summed E-state index contributed by atoms with van der Waals surface area (Å²) in [6.07, 6.45) is 0. The Morgan fingerprint density at radius 2 is 2.00 bits per heavy atom. The van der Waals surface area contributed by atoms with Gasteiger partial charge in [-0.05, 0) is 38.1 Å². The van der Waals surface area contributed by atoms with E-state index in [0.29, 0.717) is 24.7 Å². The first-order valence-electron chi connectivity index (χ1n) is 6.49. The summed E-state index contributed by atoms with van der Waals surface area (Å²) in [4.78, 5) is 1.01. The molecule has 5 nitrogen and oxygen atoms in total. The number of nitrogens with two attached hydrogens (primary N) is 1. The largest absolute Gasteiger partial charge is 0.399 e. The lowest BCUT2D eigenvalue weighted by atomic mass is 10.3. The zero-order chi connectivity index (χ0) is 15.0. The highest BCUT2D eigenvalue weighted by atomic mass is 32.2. The fourth-order valence-electron chi connectivity index (χ4n) is 1.53. The molecule has 0 aromatic heterocycles. The summed E-state index contributed by atoms with van der Waals surface area (Å²) < 4.78 is 31.5. The van der Waals surface area contributed by atoms with E-state index in [2.05, 4.69) is 4.72 Å². The van der Waals surface area contributed by atoms with E-state index in [1.807, 2.05) is 19.1 Å². The summed E-state index contributed by atoms with van der Waals surface area (Å²) >= 11 is 1.49. The number of nitrogen functional groups attached to an aromatic ring is 1. The number of anilines is 1. The normalized spacial score (nSPS) is 13.3. The van der Waals surface area contributed by atoms with Gasteiger partial charge in [-0.25, -0.2) is 13.1 Å². The molecule has 0 saturated heterocycles. The van der Waals surface area contributed by atoms with Gasteiger partial charge < -0.3 is 10.5 Å². The molecule has 1 aromatic rings. The van der Waals surface area contributed by atoms with Gasteiger partial charge in [-0.15, -0.1) is 11.8 Å². The molecular formula is C13H22N2O3S2. The summed E-state index contributed by atoms with van der Waals surface area (Å²) in [5.74, 6) is 0.582. The number of nitrogens with one attached hydrogen (secondary N) is 1. The van der Waals surface area contributed by atoms with Crippen LogP contribution < -0.4 is 10.5 Å². The predicted molar refractivity (Wildman–Crippen MR) is 84.5 cm³/mol. The maximum Gasteiger partial charge on any atom is 0.212 e. The standard InChI is InChI=1S/C13H22N2O3S2/c1-3-18-10-11(2)15-20(16,17)9-8-19-13-6-4-12(14)5-7-13/h4-7,11,15H,3,8-10,14H2,1-2H3. The molecule has 20 heavy (non-hydrogen) atoms. The van der Waals surface area contributed by atoms with Crippen molar-refractivity contribution in [3.63, 3.8) is 0 Å². The van der Waals surface area contributed by atoms with Gasteiger partial charge in [0.15, 0.2) is 0 Å². The van der Waals surface area contributed by atoms with E-state index in [4.69, 9.17) is 10.5 Å². The van der Waals surface area contributed by atoms with Crippen molar-refractivity contribution in [3.05, 3.63) is 24.3 Å². The molecule has 1 atom stereocenters. The minimum Gasteiger partial charge on any atom is -0.399 e. The van der Waals surface area contributed by atoms with E-state index in [9.17, 15) is 8.42 Å². The molecule has 1 unspecified atom stereocenters. The molecule has 114 valence electrons. The first-order chi connectivity index (χ1) is 9.43.